The molecule has 0 saturated carbocycles. The van der Waals surface area contributed by atoms with E-state index in [0.717, 1.165) is 5.01 Å². The van der Waals surface area contributed by atoms with E-state index in [1.165, 1.54) is 11.3 Å². The molecule has 0 bridgehead atoms. The lowest BCUT2D eigenvalue weighted by atomic mass is 10.5. The summed E-state index contributed by atoms with van der Waals surface area (Å²) in [5.74, 6) is 0. The second-order valence-corrected chi connectivity index (χ2v) is 2.42. The quantitative estimate of drug-likeness (QED) is 0.365. The third-order valence-electron chi connectivity index (χ3n) is 0.892. The molecular formula is C5H6N2OS. The first-order valence-corrected chi connectivity index (χ1v) is 3.31. The average molecular weight is 142 g/mol. The summed E-state index contributed by atoms with van der Waals surface area (Å²) in [4.78, 5) is 3.91. The summed E-state index contributed by atoms with van der Waals surface area (Å²) in [5, 5.41) is 13.9. The first-order chi connectivity index (χ1) is 4.34. The van der Waals surface area contributed by atoms with Crippen molar-refractivity contribution in [1.82, 2.24) is 4.98 Å². The molecule has 0 unspecified atom stereocenters. The minimum absolute atomic E-state index is 0.560. The highest BCUT2D eigenvalue weighted by molar-refractivity contribution is 7.11. The van der Waals surface area contributed by atoms with Gasteiger partial charge in [-0.3, -0.25) is 0 Å². The van der Waals surface area contributed by atoms with Gasteiger partial charge in [-0.2, -0.15) is 0 Å². The van der Waals surface area contributed by atoms with Gasteiger partial charge >= 0.3 is 0 Å². The van der Waals surface area contributed by atoms with Gasteiger partial charge in [-0.1, -0.05) is 5.16 Å². The van der Waals surface area contributed by atoms with Crippen LogP contribution in [0.25, 0.3) is 0 Å². The Labute approximate surface area is 56.7 Å². The van der Waals surface area contributed by atoms with Crippen molar-refractivity contribution in [3.63, 3.8) is 0 Å². The lowest BCUT2D eigenvalue weighted by molar-refractivity contribution is 0.319. The fraction of sp³-hybridized carbons (Fsp3) is 0.200. The van der Waals surface area contributed by atoms with Crippen molar-refractivity contribution in [3.8, 4) is 0 Å². The molecule has 1 rings (SSSR count). The molecule has 0 spiro atoms. The van der Waals surface area contributed by atoms with Gasteiger partial charge in [0.2, 0.25) is 0 Å². The fourth-order valence-corrected chi connectivity index (χ4v) is 1.03. The molecule has 0 aliphatic carbocycles. The van der Waals surface area contributed by atoms with E-state index in [1.54, 1.807) is 13.1 Å². The summed E-state index contributed by atoms with van der Waals surface area (Å²) in [6.45, 7) is 1.71. The molecule has 0 amide bonds. The number of hydrogen-bond acceptors (Lipinski definition) is 4. The van der Waals surface area contributed by atoms with Crippen LogP contribution >= 0.6 is 11.3 Å². The Kier molecular flexibility index (Phi) is 1.79. The lowest BCUT2D eigenvalue weighted by Gasteiger charge is -1.85. The smallest absolute Gasteiger partial charge is 0.140 e. The predicted molar refractivity (Wildman–Crippen MR) is 36.1 cm³/mol. The van der Waals surface area contributed by atoms with Crippen molar-refractivity contribution >= 4 is 17.0 Å². The number of aromatic nitrogens is 1. The van der Waals surface area contributed by atoms with E-state index in [4.69, 9.17) is 5.21 Å². The molecule has 1 heterocycles. The highest BCUT2D eigenvalue weighted by atomic mass is 32.1. The summed E-state index contributed by atoms with van der Waals surface area (Å²) in [6, 6.07) is 0. The van der Waals surface area contributed by atoms with E-state index < -0.39 is 0 Å². The summed E-state index contributed by atoms with van der Waals surface area (Å²) in [5.41, 5.74) is 0.560. The van der Waals surface area contributed by atoms with Gasteiger partial charge in [-0.15, -0.1) is 11.3 Å². The molecular weight excluding hydrogens is 136 g/mol. The molecule has 0 aromatic carbocycles. The zero-order chi connectivity index (χ0) is 6.69. The van der Waals surface area contributed by atoms with E-state index in [2.05, 4.69) is 10.1 Å². The van der Waals surface area contributed by atoms with Gasteiger partial charge in [0.05, 0.1) is 0 Å². The van der Waals surface area contributed by atoms with Gasteiger partial charge in [0.1, 0.15) is 10.7 Å². The maximum Gasteiger partial charge on any atom is 0.140 e. The second kappa shape index (κ2) is 2.59. The van der Waals surface area contributed by atoms with Gasteiger partial charge < -0.3 is 5.21 Å². The van der Waals surface area contributed by atoms with Crippen molar-refractivity contribution < 1.29 is 5.21 Å². The van der Waals surface area contributed by atoms with Crippen molar-refractivity contribution in [2.75, 3.05) is 0 Å². The van der Waals surface area contributed by atoms with Crippen LogP contribution < -0.4 is 0 Å². The van der Waals surface area contributed by atoms with E-state index in [1.807, 2.05) is 5.38 Å². The second-order valence-electron chi connectivity index (χ2n) is 1.52. The Morgan fingerprint density at radius 3 is 3.11 bits per heavy atom. The average Bonchev–Trinajstić information content (AvgIpc) is 2.37. The normalized spacial score (nSPS) is 11.9. The minimum Gasteiger partial charge on any atom is -0.411 e. The highest BCUT2D eigenvalue weighted by Gasteiger charge is 1.97. The van der Waals surface area contributed by atoms with Crippen molar-refractivity contribution in [1.29, 1.82) is 0 Å². The van der Waals surface area contributed by atoms with Crippen LogP contribution in [0.3, 0.4) is 0 Å². The van der Waals surface area contributed by atoms with Crippen LogP contribution in [0.4, 0.5) is 0 Å². The van der Waals surface area contributed by atoms with Crippen molar-refractivity contribution in [2.24, 2.45) is 5.16 Å². The number of oxime groups is 1. The zero-order valence-corrected chi connectivity index (χ0v) is 5.72. The van der Waals surface area contributed by atoms with Crippen LogP contribution in [0.5, 0.6) is 0 Å². The van der Waals surface area contributed by atoms with Gasteiger partial charge in [0.25, 0.3) is 0 Å². The molecule has 0 aliphatic rings. The standard InChI is InChI=1S/C5H6N2OS/c1-4(7-8)5-6-2-3-9-5/h2-3,8H,1H3/b7-4-. The molecule has 0 aliphatic heterocycles. The summed E-state index contributed by atoms with van der Waals surface area (Å²) < 4.78 is 0. The lowest BCUT2D eigenvalue weighted by Crippen LogP contribution is -1.91. The van der Waals surface area contributed by atoms with E-state index in [9.17, 15) is 0 Å². The van der Waals surface area contributed by atoms with E-state index in [-0.39, 0.29) is 0 Å². The predicted octanol–water partition coefficient (Wildman–Crippen LogP) is 1.34. The number of rotatable bonds is 1. The Hall–Kier alpha value is -0.900. The molecule has 4 heteroatoms. The van der Waals surface area contributed by atoms with E-state index >= 15 is 0 Å². The molecule has 48 valence electrons. The third-order valence-corrected chi connectivity index (χ3v) is 1.77. The van der Waals surface area contributed by atoms with E-state index in [0.29, 0.717) is 5.71 Å². The fourth-order valence-electron chi connectivity index (χ4n) is 0.445. The Bertz CT molecular complexity index is 205. The van der Waals surface area contributed by atoms with Crippen LogP contribution in [0.2, 0.25) is 0 Å². The third kappa shape index (κ3) is 1.26. The summed E-state index contributed by atoms with van der Waals surface area (Å²) >= 11 is 1.45. The maximum absolute atomic E-state index is 8.26. The summed E-state index contributed by atoms with van der Waals surface area (Å²) in [6.07, 6.45) is 1.68. The van der Waals surface area contributed by atoms with Crippen LogP contribution in [-0.2, 0) is 0 Å². The zero-order valence-electron chi connectivity index (χ0n) is 4.90. The molecule has 0 radical (unpaired) electrons. The Balaban J connectivity index is 2.90. The van der Waals surface area contributed by atoms with Crippen LogP contribution in [0.15, 0.2) is 16.7 Å². The molecule has 1 N–H and O–H groups in total. The molecule has 0 fully saturated rings. The molecule has 9 heavy (non-hydrogen) atoms. The van der Waals surface area contributed by atoms with Crippen LogP contribution in [-0.4, -0.2) is 15.9 Å². The first-order valence-electron chi connectivity index (χ1n) is 2.43. The van der Waals surface area contributed by atoms with Crippen molar-refractivity contribution in [3.05, 3.63) is 16.6 Å². The number of hydrogen-bond donors (Lipinski definition) is 1. The largest absolute Gasteiger partial charge is 0.411 e. The van der Waals surface area contributed by atoms with Gasteiger partial charge in [0.15, 0.2) is 0 Å². The number of nitrogens with zero attached hydrogens (tertiary/aromatic N) is 2. The SMILES string of the molecule is C/C(=N/O)c1nccs1. The Morgan fingerprint density at radius 1 is 1.89 bits per heavy atom. The molecule has 3 nitrogen and oxygen atoms in total. The molecule has 0 atom stereocenters. The first kappa shape index (κ1) is 6.22. The minimum atomic E-state index is 0.560. The van der Waals surface area contributed by atoms with Gasteiger partial charge in [-0.25, -0.2) is 4.98 Å². The molecule has 1 aromatic rings. The van der Waals surface area contributed by atoms with Crippen LogP contribution in [0.1, 0.15) is 11.9 Å². The number of thiazole rings is 1. The molecule has 0 saturated heterocycles. The van der Waals surface area contributed by atoms with Gasteiger partial charge in [0, 0.05) is 11.6 Å². The van der Waals surface area contributed by atoms with Crippen molar-refractivity contribution in [2.45, 2.75) is 6.92 Å². The highest BCUT2D eigenvalue weighted by Crippen LogP contribution is 2.04. The van der Waals surface area contributed by atoms with Gasteiger partial charge in [-0.05, 0) is 6.92 Å². The maximum atomic E-state index is 8.26. The molecule has 1 aromatic heterocycles. The van der Waals surface area contributed by atoms with Crippen LogP contribution in [0, 0.1) is 0 Å². The summed E-state index contributed by atoms with van der Waals surface area (Å²) in [7, 11) is 0. The monoisotopic (exact) mass is 142 g/mol. The Morgan fingerprint density at radius 2 is 2.67 bits per heavy atom. The topological polar surface area (TPSA) is 45.5 Å².